The van der Waals surface area contributed by atoms with Crippen LogP contribution >= 0.6 is 0 Å². The van der Waals surface area contributed by atoms with Gasteiger partial charge >= 0.3 is 0 Å². The number of pyridine rings is 2. The Balaban J connectivity index is 2.21. The largest absolute Gasteiger partial charge is 0.480 e. The van der Waals surface area contributed by atoms with Gasteiger partial charge in [-0.05, 0) is 56.0 Å². The number of aliphatic hydroxyl groups excluding tert-OH is 1. The van der Waals surface area contributed by atoms with Gasteiger partial charge < -0.3 is 14.4 Å². The van der Waals surface area contributed by atoms with E-state index in [-0.39, 0.29) is 12.6 Å². The first-order valence-corrected chi connectivity index (χ1v) is 9.02. The van der Waals surface area contributed by atoms with E-state index >= 15 is 0 Å². The molecule has 3 aromatic heterocycles. The van der Waals surface area contributed by atoms with Gasteiger partial charge in [-0.15, -0.1) is 0 Å². The highest BCUT2D eigenvalue weighted by molar-refractivity contribution is 5.85. The molecule has 3 aromatic rings. The van der Waals surface area contributed by atoms with Gasteiger partial charge in [0.15, 0.2) is 0 Å². The molecule has 0 radical (unpaired) electrons. The molecule has 5 nitrogen and oxygen atoms in total. The number of hydrogen-bond donors (Lipinski definition) is 1. The fourth-order valence-corrected chi connectivity index (χ4v) is 3.26. The monoisotopic (exact) mass is 353 g/mol. The molecule has 26 heavy (non-hydrogen) atoms. The number of fused-ring (bicyclic) bond motifs is 1. The van der Waals surface area contributed by atoms with Gasteiger partial charge in [-0.1, -0.05) is 13.8 Å². The molecular weight excluding hydrogens is 326 g/mol. The van der Waals surface area contributed by atoms with Gasteiger partial charge in [0.1, 0.15) is 0 Å². The van der Waals surface area contributed by atoms with E-state index < -0.39 is 0 Å². The number of ether oxygens (including phenoxy) is 1. The minimum absolute atomic E-state index is 0.0137. The fraction of sp³-hybridized carbons (Fsp3) is 0.429. The first-order valence-electron chi connectivity index (χ1n) is 9.02. The Morgan fingerprint density at radius 2 is 1.85 bits per heavy atom. The quantitative estimate of drug-likeness (QED) is 0.738. The third kappa shape index (κ3) is 3.07. The average molecular weight is 353 g/mol. The lowest BCUT2D eigenvalue weighted by Crippen LogP contribution is -2.08. The summed E-state index contributed by atoms with van der Waals surface area (Å²) in [5.41, 5.74) is 6.92. The first-order chi connectivity index (χ1) is 12.4. The molecule has 3 heterocycles. The van der Waals surface area contributed by atoms with E-state index in [9.17, 15) is 5.11 Å². The normalized spacial score (nSPS) is 12.8. The second-order valence-electron chi connectivity index (χ2n) is 7.22. The summed E-state index contributed by atoms with van der Waals surface area (Å²) in [5.74, 6) is 0.942. The van der Waals surface area contributed by atoms with Crippen LogP contribution in [0.5, 0.6) is 5.88 Å². The molecule has 1 unspecified atom stereocenters. The molecule has 0 spiro atoms. The van der Waals surface area contributed by atoms with Crippen molar-refractivity contribution in [3.63, 3.8) is 0 Å². The Hall–Kier alpha value is -2.40. The van der Waals surface area contributed by atoms with E-state index in [2.05, 4.69) is 35.7 Å². The second-order valence-corrected chi connectivity index (χ2v) is 7.22. The summed E-state index contributed by atoms with van der Waals surface area (Å²) in [4.78, 5) is 9.60. The van der Waals surface area contributed by atoms with E-state index in [1.165, 1.54) is 0 Å². The van der Waals surface area contributed by atoms with Crippen molar-refractivity contribution in [3.8, 4) is 17.1 Å². The number of methoxy groups -OCH3 is 1. The van der Waals surface area contributed by atoms with Gasteiger partial charge in [0.25, 0.3) is 0 Å². The number of rotatable bonds is 5. The summed E-state index contributed by atoms with van der Waals surface area (Å²) in [5, 5.41) is 9.53. The van der Waals surface area contributed by atoms with Crippen LogP contribution in [0.15, 0.2) is 24.4 Å². The lowest BCUT2D eigenvalue weighted by molar-refractivity contribution is 0.241. The third-order valence-corrected chi connectivity index (χ3v) is 4.84. The van der Waals surface area contributed by atoms with Crippen LogP contribution in [0.2, 0.25) is 0 Å². The topological polar surface area (TPSA) is 60.2 Å². The van der Waals surface area contributed by atoms with Crippen molar-refractivity contribution < 1.29 is 9.84 Å². The number of aromatic nitrogens is 3. The van der Waals surface area contributed by atoms with Gasteiger partial charge in [-0.2, -0.15) is 0 Å². The van der Waals surface area contributed by atoms with Crippen LogP contribution in [0, 0.1) is 13.8 Å². The Bertz CT molecular complexity index is 944. The number of aryl methyl sites for hydroxylation is 2. The predicted molar refractivity (Wildman–Crippen MR) is 105 cm³/mol. The smallest absolute Gasteiger partial charge is 0.222 e. The molecule has 1 N–H and O–H groups in total. The minimum atomic E-state index is 0.0137. The predicted octanol–water partition coefficient (Wildman–Crippen LogP) is 4.40. The van der Waals surface area contributed by atoms with E-state index in [1.54, 1.807) is 7.11 Å². The lowest BCUT2D eigenvalue weighted by Gasteiger charge is -2.15. The molecule has 0 fully saturated rings. The zero-order valence-electron chi connectivity index (χ0n) is 16.4. The SMILES string of the molecule is COc1nc(C(C)C)ccc1-c1nc2c(C)cn(C(C)CO)c2cc1C. The molecule has 3 rings (SSSR count). The zero-order chi connectivity index (χ0) is 19.0. The minimum Gasteiger partial charge on any atom is -0.480 e. The van der Waals surface area contributed by atoms with Crippen LogP contribution in [0.25, 0.3) is 22.3 Å². The highest BCUT2D eigenvalue weighted by atomic mass is 16.5. The molecule has 0 bridgehead atoms. The molecule has 0 aromatic carbocycles. The molecule has 0 amide bonds. The van der Waals surface area contributed by atoms with E-state index in [0.717, 1.165) is 39.1 Å². The standard InChI is InChI=1S/C21H27N3O2/c1-12(2)17-8-7-16(21(22-17)26-6)19-13(3)9-18-20(23-19)14(4)10-24(18)15(5)11-25/h7-10,12,15,25H,11H2,1-6H3. The molecule has 0 saturated carbocycles. The van der Waals surface area contributed by atoms with Crippen molar-refractivity contribution in [2.45, 2.75) is 46.6 Å². The highest BCUT2D eigenvalue weighted by Gasteiger charge is 2.18. The maximum Gasteiger partial charge on any atom is 0.222 e. The highest BCUT2D eigenvalue weighted by Crippen LogP contribution is 2.34. The van der Waals surface area contributed by atoms with Crippen molar-refractivity contribution in [3.05, 3.63) is 41.2 Å². The molecule has 0 saturated heterocycles. The molecule has 138 valence electrons. The number of aliphatic hydroxyl groups is 1. The molecule has 0 aliphatic carbocycles. The van der Waals surface area contributed by atoms with E-state index in [1.807, 2.05) is 32.9 Å². The summed E-state index contributed by atoms with van der Waals surface area (Å²) in [7, 11) is 1.65. The zero-order valence-corrected chi connectivity index (χ0v) is 16.4. The van der Waals surface area contributed by atoms with Gasteiger partial charge in [-0.3, -0.25) is 0 Å². The lowest BCUT2D eigenvalue weighted by atomic mass is 10.0. The van der Waals surface area contributed by atoms with Crippen LogP contribution in [0.3, 0.4) is 0 Å². The van der Waals surface area contributed by atoms with Gasteiger partial charge in [0.05, 0.1) is 42.0 Å². The molecule has 0 aliphatic heterocycles. The van der Waals surface area contributed by atoms with Crippen LogP contribution in [-0.4, -0.2) is 33.4 Å². The Labute approximate surface area is 154 Å². The third-order valence-electron chi connectivity index (χ3n) is 4.84. The summed E-state index contributed by atoms with van der Waals surface area (Å²) in [6.45, 7) is 10.4. The molecular formula is C21H27N3O2. The Kier molecular flexibility index (Phi) is 5.01. The van der Waals surface area contributed by atoms with Crippen LogP contribution in [0.4, 0.5) is 0 Å². The number of nitrogens with zero attached hydrogens (tertiary/aromatic N) is 3. The number of hydrogen-bond acceptors (Lipinski definition) is 4. The van der Waals surface area contributed by atoms with Gasteiger partial charge in [0, 0.05) is 11.9 Å². The van der Waals surface area contributed by atoms with Crippen LogP contribution < -0.4 is 4.74 Å². The van der Waals surface area contributed by atoms with Crippen molar-refractivity contribution in [2.75, 3.05) is 13.7 Å². The van der Waals surface area contributed by atoms with Crippen LogP contribution in [-0.2, 0) is 0 Å². The summed E-state index contributed by atoms with van der Waals surface area (Å²) < 4.78 is 7.65. The van der Waals surface area contributed by atoms with Crippen molar-refractivity contribution in [2.24, 2.45) is 0 Å². The molecule has 5 heteroatoms. The maximum atomic E-state index is 9.53. The van der Waals surface area contributed by atoms with Crippen molar-refractivity contribution in [1.82, 2.24) is 14.5 Å². The Morgan fingerprint density at radius 1 is 1.12 bits per heavy atom. The summed E-state index contributed by atoms with van der Waals surface area (Å²) >= 11 is 0. The van der Waals surface area contributed by atoms with Crippen LogP contribution in [0.1, 0.15) is 49.6 Å². The van der Waals surface area contributed by atoms with E-state index in [0.29, 0.717) is 11.8 Å². The van der Waals surface area contributed by atoms with Gasteiger partial charge in [0.2, 0.25) is 5.88 Å². The summed E-state index contributed by atoms with van der Waals surface area (Å²) in [6.07, 6.45) is 2.05. The molecule has 1 atom stereocenters. The Morgan fingerprint density at radius 3 is 2.46 bits per heavy atom. The van der Waals surface area contributed by atoms with Gasteiger partial charge in [-0.25, -0.2) is 9.97 Å². The first kappa shape index (κ1) is 18.4. The van der Waals surface area contributed by atoms with Crippen molar-refractivity contribution >= 4 is 11.0 Å². The average Bonchev–Trinajstić information content (AvgIpc) is 2.95. The second kappa shape index (κ2) is 7.08. The maximum absolute atomic E-state index is 9.53. The fourth-order valence-electron chi connectivity index (χ4n) is 3.26. The van der Waals surface area contributed by atoms with Crippen molar-refractivity contribution in [1.29, 1.82) is 0 Å². The summed E-state index contributed by atoms with van der Waals surface area (Å²) in [6, 6.07) is 6.23. The van der Waals surface area contributed by atoms with E-state index in [4.69, 9.17) is 9.72 Å². The molecule has 0 aliphatic rings.